The molecule has 6 rings (SSSR count). The van der Waals surface area contributed by atoms with E-state index in [1.54, 1.807) is 0 Å². The van der Waals surface area contributed by atoms with Crippen molar-refractivity contribution in [3.63, 3.8) is 0 Å². The van der Waals surface area contributed by atoms with Gasteiger partial charge in [0.05, 0.1) is 18.2 Å². The first-order valence-corrected chi connectivity index (χ1v) is 11.4. The number of benzene rings is 1. The molecule has 2 N–H and O–H groups in total. The van der Waals surface area contributed by atoms with Crippen LogP contribution in [-0.4, -0.2) is 52.8 Å². The van der Waals surface area contributed by atoms with E-state index in [1.165, 1.54) is 6.42 Å². The first-order chi connectivity index (χ1) is 15.9. The third-order valence-electron chi connectivity index (χ3n) is 7.46. The Hall–Kier alpha value is -3.27. The van der Waals surface area contributed by atoms with E-state index in [0.717, 1.165) is 29.7 Å². The maximum absolute atomic E-state index is 13.2. The van der Waals surface area contributed by atoms with Gasteiger partial charge >= 0.3 is 6.03 Å². The zero-order valence-electron chi connectivity index (χ0n) is 18.5. The minimum atomic E-state index is -1.49. The summed E-state index contributed by atoms with van der Waals surface area (Å²) < 4.78 is 11.5. The molecular formula is C23H25N5O5. The summed E-state index contributed by atoms with van der Waals surface area (Å²) in [6.07, 6.45) is 2.95. The third kappa shape index (κ3) is 2.93. The van der Waals surface area contributed by atoms with Gasteiger partial charge in [-0.05, 0) is 56.9 Å². The molecule has 1 aliphatic carbocycles. The lowest BCUT2D eigenvalue weighted by Gasteiger charge is -2.55. The highest BCUT2D eigenvalue weighted by molar-refractivity contribution is 6.20. The molecule has 10 nitrogen and oxygen atoms in total. The van der Waals surface area contributed by atoms with Gasteiger partial charge in [0.25, 0.3) is 0 Å². The number of imide groups is 2. The molecule has 1 saturated carbocycles. The number of morpholine rings is 1. The van der Waals surface area contributed by atoms with Crippen LogP contribution in [-0.2, 0) is 20.7 Å². The number of hydrogen-bond donors (Lipinski definition) is 2. The van der Waals surface area contributed by atoms with Crippen molar-refractivity contribution < 1.29 is 23.6 Å². The zero-order chi connectivity index (χ0) is 22.9. The van der Waals surface area contributed by atoms with E-state index in [1.807, 2.05) is 32.0 Å². The average Bonchev–Trinajstić information content (AvgIpc) is 3.19. The van der Waals surface area contributed by atoms with Crippen LogP contribution in [0.2, 0.25) is 0 Å². The van der Waals surface area contributed by atoms with Crippen molar-refractivity contribution in [1.29, 1.82) is 0 Å². The maximum atomic E-state index is 13.2. The Bertz CT molecular complexity index is 1150. The second-order valence-corrected chi connectivity index (χ2v) is 9.56. The predicted octanol–water partition coefficient (Wildman–Crippen LogP) is 1.89. The van der Waals surface area contributed by atoms with Gasteiger partial charge in [0.1, 0.15) is 0 Å². The highest BCUT2D eigenvalue weighted by Gasteiger charge is 2.62. The van der Waals surface area contributed by atoms with Gasteiger partial charge in [0.15, 0.2) is 5.41 Å². The summed E-state index contributed by atoms with van der Waals surface area (Å²) in [5, 5.41) is 8.78. The molecule has 1 aromatic carbocycles. The standard InChI is InChI=1S/C23H25N5O5/c1-11-10-28-16-7-6-14(18-24-19(33-27-18)13-4-3-5-13)8-15(16)9-23(17(28)12(2)32-11)20(29)25-22(31)26-21(23)30/h6-8,11-13,17H,3-5,9-10H2,1-2H3,(H2,25,26,29,30,31)/t11-,12+,17-/m1/s1. The summed E-state index contributed by atoms with van der Waals surface area (Å²) in [6.45, 7) is 4.35. The van der Waals surface area contributed by atoms with Crippen molar-refractivity contribution in [2.75, 3.05) is 11.4 Å². The molecule has 4 aliphatic rings. The van der Waals surface area contributed by atoms with Crippen LogP contribution < -0.4 is 15.5 Å². The largest absolute Gasteiger partial charge is 0.372 e. The second-order valence-electron chi connectivity index (χ2n) is 9.56. The summed E-state index contributed by atoms with van der Waals surface area (Å²) in [4.78, 5) is 45.0. The molecule has 3 atom stereocenters. The van der Waals surface area contributed by atoms with Crippen LogP contribution in [0, 0.1) is 5.41 Å². The SMILES string of the molecule is C[C@@H]1CN2c3ccc(-c4noc(C5CCC5)n4)cc3CC3(C(=O)NC(=O)NC3=O)[C@H]2[C@H](C)O1. The van der Waals surface area contributed by atoms with Crippen LogP contribution >= 0.6 is 0 Å². The van der Waals surface area contributed by atoms with Crippen molar-refractivity contribution in [2.24, 2.45) is 5.41 Å². The summed E-state index contributed by atoms with van der Waals surface area (Å²) in [6, 6.07) is 4.51. The lowest BCUT2D eigenvalue weighted by molar-refractivity contribution is -0.153. The molecule has 4 heterocycles. The number of carbonyl (C=O) groups is 3. The molecule has 2 aromatic rings. The number of urea groups is 1. The van der Waals surface area contributed by atoms with Crippen LogP contribution in [0.4, 0.5) is 10.5 Å². The Labute approximate surface area is 190 Å². The number of nitrogens with zero attached hydrogens (tertiary/aromatic N) is 3. The van der Waals surface area contributed by atoms with Crippen molar-refractivity contribution >= 4 is 23.5 Å². The smallest absolute Gasteiger partial charge is 0.328 e. The number of barbiturate groups is 1. The number of anilines is 1. The van der Waals surface area contributed by atoms with Crippen molar-refractivity contribution in [1.82, 2.24) is 20.8 Å². The van der Waals surface area contributed by atoms with Gasteiger partial charge in [0, 0.05) is 23.7 Å². The maximum Gasteiger partial charge on any atom is 0.328 e. The topological polar surface area (TPSA) is 127 Å². The van der Waals surface area contributed by atoms with E-state index in [0.29, 0.717) is 24.2 Å². The fourth-order valence-electron chi connectivity index (χ4n) is 5.76. The summed E-state index contributed by atoms with van der Waals surface area (Å²) >= 11 is 0. The minimum Gasteiger partial charge on any atom is -0.372 e. The number of amides is 4. The normalized spacial score (nSPS) is 28.6. The number of aromatic nitrogens is 2. The number of fused-ring (bicyclic) bond motifs is 4. The van der Waals surface area contributed by atoms with Crippen molar-refractivity contribution in [3.8, 4) is 11.4 Å². The number of carbonyl (C=O) groups excluding carboxylic acids is 3. The predicted molar refractivity (Wildman–Crippen MR) is 115 cm³/mol. The molecule has 1 aromatic heterocycles. The van der Waals surface area contributed by atoms with Gasteiger partial charge in [-0.15, -0.1) is 0 Å². The number of ether oxygens (including phenoxy) is 1. The molecule has 2 saturated heterocycles. The molecule has 172 valence electrons. The van der Waals surface area contributed by atoms with E-state index in [9.17, 15) is 14.4 Å². The molecule has 4 amide bonds. The second kappa shape index (κ2) is 7.11. The molecule has 1 spiro atoms. The van der Waals surface area contributed by atoms with Gasteiger partial charge in [-0.25, -0.2) is 4.79 Å². The van der Waals surface area contributed by atoms with E-state index < -0.39 is 35.4 Å². The zero-order valence-corrected chi connectivity index (χ0v) is 18.5. The van der Waals surface area contributed by atoms with Crippen molar-refractivity contribution in [2.45, 2.75) is 63.7 Å². The van der Waals surface area contributed by atoms with E-state index in [2.05, 4.69) is 25.7 Å². The van der Waals surface area contributed by atoms with E-state index in [-0.39, 0.29) is 12.5 Å². The van der Waals surface area contributed by atoms with Crippen molar-refractivity contribution in [3.05, 3.63) is 29.7 Å². The van der Waals surface area contributed by atoms with Gasteiger partial charge in [-0.3, -0.25) is 20.2 Å². The van der Waals surface area contributed by atoms with Gasteiger partial charge < -0.3 is 14.2 Å². The highest BCUT2D eigenvalue weighted by atomic mass is 16.5. The van der Waals surface area contributed by atoms with Gasteiger partial charge in [-0.2, -0.15) is 4.98 Å². The van der Waals surface area contributed by atoms with Gasteiger partial charge in [-0.1, -0.05) is 11.6 Å². The lowest BCUT2D eigenvalue weighted by Crippen LogP contribution is -2.75. The Morgan fingerprint density at radius 1 is 1.12 bits per heavy atom. The lowest BCUT2D eigenvalue weighted by atomic mass is 9.66. The summed E-state index contributed by atoms with van der Waals surface area (Å²) in [7, 11) is 0. The van der Waals surface area contributed by atoms with E-state index in [4.69, 9.17) is 9.26 Å². The first kappa shape index (κ1) is 20.3. The van der Waals surface area contributed by atoms with Crippen LogP contribution in [0.25, 0.3) is 11.4 Å². The fourth-order valence-corrected chi connectivity index (χ4v) is 5.76. The Kier molecular flexibility index (Phi) is 4.39. The van der Waals surface area contributed by atoms with Gasteiger partial charge in [0.2, 0.25) is 23.5 Å². The Morgan fingerprint density at radius 3 is 2.58 bits per heavy atom. The molecule has 3 fully saturated rings. The number of rotatable bonds is 2. The average molecular weight is 451 g/mol. The molecule has 3 aliphatic heterocycles. The molecule has 0 bridgehead atoms. The quantitative estimate of drug-likeness (QED) is 0.663. The Balaban J connectivity index is 1.45. The van der Waals surface area contributed by atoms with E-state index >= 15 is 0 Å². The molecule has 10 heteroatoms. The molecule has 33 heavy (non-hydrogen) atoms. The van der Waals surface area contributed by atoms with Crippen LogP contribution in [0.1, 0.15) is 50.5 Å². The summed E-state index contributed by atoms with van der Waals surface area (Å²) in [5.74, 6) is 0.285. The monoisotopic (exact) mass is 451 g/mol. The van der Waals surface area contributed by atoms with Crippen LogP contribution in [0.5, 0.6) is 0 Å². The highest BCUT2D eigenvalue weighted by Crippen LogP contribution is 2.47. The summed E-state index contributed by atoms with van der Waals surface area (Å²) in [5.41, 5.74) is 1.03. The number of hydrogen-bond acceptors (Lipinski definition) is 8. The first-order valence-electron chi connectivity index (χ1n) is 11.4. The Morgan fingerprint density at radius 2 is 1.88 bits per heavy atom. The minimum absolute atomic E-state index is 0.0856. The third-order valence-corrected chi connectivity index (χ3v) is 7.46. The fraction of sp³-hybridized carbons (Fsp3) is 0.522. The molecular weight excluding hydrogens is 426 g/mol. The molecule has 0 unspecified atom stereocenters. The number of nitrogens with one attached hydrogen (secondary N) is 2. The van der Waals surface area contributed by atoms with Crippen LogP contribution in [0.3, 0.4) is 0 Å². The molecule has 0 radical (unpaired) electrons. The van der Waals surface area contributed by atoms with Crippen LogP contribution in [0.15, 0.2) is 22.7 Å².